The molecule has 1 aromatic heterocycles. The molecule has 0 aliphatic heterocycles. The van der Waals surface area contributed by atoms with Crippen molar-refractivity contribution in [2.24, 2.45) is 0 Å². The fourth-order valence-corrected chi connectivity index (χ4v) is 1.31. The number of hydrogen-bond donors (Lipinski definition) is 0. The third-order valence-corrected chi connectivity index (χ3v) is 2.10. The van der Waals surface area contributed by atoms with Crippen molar-refractivity contribution in [3.63, 3.8) is 0 Å². The van der Waals surface area contributed by atoms with E-state index in [1.165, 1.54) is 0 Å². The molecule has 4 heteroatoms. The number of aryl methyl sites for hydroxylation is 1. The predicted octanol–water partition coefficient (Wildman–Crippen LogP) is 1.46. The second kappa shape index (κ2) is 7.17. The Morgan fingerprint density at radius 3 is 3.13 bits per heavy atom. The molecule has 1 atom stereocenters. The van der Waals surface area contributed by atoms with Crippen LogP contribution in [0.25, 0.3) is 0 Å². The average molecular weight is 209 g/mol. The zero-order chi connectivity index (χ0) is 10.9. The van der Waals surface area contributed by atoms with E-state index in [2.05, 4.69) is 11.2 Å². The minimum absolute atomic E-state index is 0.252. The zero-order valence-corrected chi connectivity index (χ0v) is 9.06. The summed E-state index contributed by atoms with van der Waals surface area (Å²) in [6, 6.07) is 0. The molecule has 1 heterocycles. The number of aromatic nitrogens is 2. The Labute approximate surface area is 90.3 Å². The molecule has 0 N–H and O–H groups in total. The largest absolute Gasteiger partial charge is 0.371 e. The second-order valence-corrected chi connectivity index (χ2v) is 3.43. The minimum atomic E-state index is -0.252. The molecule has 0 saturated carbocycles. The number of hydrogen-bond acceptors (Lipinski definition) is 3. The summed E-state index contributed by atoms with van der Waals surface area (Å²) in [5.74, 6) is 0. The first-order chi connectivity index (χ1) is 7.36. The van der Waals surface area contributed by atoms with Gasteiger partial charge in [-0.3, -0.25) is 0 Å². The topological polar surface area (TPSA) is 44.1 Å². The number of ether oxygens (including phenoxy) is 1. The van der Waals surface area contributed by atoms with Gasteiger partial charge < -0.3 is 14.1 Å². The molecular weight excluding hydrogens is 192 g/mol. The molecule has 1 rings (SSSR count). The van der Waals surface area contributed by atoms with E-state index in [4.69, 9.17) is 4.74 Å². The highest BCUT2D eigenvalue weighted by atomic mass is 16.5. The Morgan fingerprint density at radius 1 is 1.67 bits per heavy atom. The highest BCUT2D eigenvalue weighted by Crippen LogP contribution is 2.02. The van der Waals surface area contributed by atoms with Gasteiger partial charge in [0.15, 0.2) is 0 Å². The van der Waals surface area contributed by atoms with Crippen LogP contribution in [-0.4, -0.2) is 28.5 Å². The molecular formula is C11H17N2O2. The zero-order valence-electron chi connectivity index (χ0n) is 9.06. The monoisotopic (exact) mass is 209 g/mol. The molecule has 83 valence electrons. The fraction of sp³-hybridized carbons (Fsp3) is 0.636. The molecule has 4 nitrogen and oxygen atoms in total. The van der Waals surface area contributed by atoms with Crippen molar-refractivity contribution < 1.29 is 9.53 Å². The van der Waals surface area contributed by atoms with E-state index in [0.717, 1.165) is 32.1 Å². The minimum Gasteiger partial charge on any atom is -0.371 e. The van der Waals surface area contributed by atoms with Gasteiger partial charge >= 0.3 is 0 Å². The SMILES string of the molecule is CCCOC(C=O)CCCn1c[c]nc1. The molecule has 0 bridgehead atoms. The molecule has 1 radical (unpaired) electrons. The lowest BCUT2D eigenvalue weighted by Gasteiger charge is -2.10. The highest BCUT2D eigenvalue weighted by Gasteiger charge is 2.06. The van der Waals surface area contributed by atoms with Crippen LogP contribution in [-0.2, 0) is 16.1 Å². The van der Waals surface area contributed by atoms with Gasteiger partial charge in [0.1, 0.15) is 18.6 Å². The average Bonchev–Trinajstić information content (AvgIpc) is 2.76. The van der Waals surface area contributed by atoms with Crippen molar-refractivity contribution in [3.8, 4) is 0 Å². The molecule has 0 aliphatic carbocycles. The first kappa shape index (κ1) is 11.9. The molecule has 0 aliphatic rings. The molecule has 0 fully saturated rings. The summed E-state index contributed by atoms with van der Waals surface area (Å²) >= 11 is 0. The van der Waals surface area contributed by atoms with Gasteiger partial charge in [-0.15, -0.1) is 0 Å². The van der Waals surface area contributed by atoms with Crippen molar-refractivity contribution in [2.45, 2.75) is 38.8 Å². The lowest BCUT2D eigenvalue weighted by Crippen LogP contribution is -2.15. The maximum atomic E-state index is 10.7. The van der Waals surface area contributed by atoms with Gasteiger partial charge in [0.25, 0.3) is 0 Å². The summed E-state index contributed by atoms with van der Waals surface area (Å²) in [7, 11) is 0. The van der Waals surface area contributed by atoms with E-state index in [1.807, 2.05) is 11.5 Å². The number of carbonyl (C=O) groups is 1. The Bertz CT molecular complexity index is 260. The van der Waals surface area contributed by atoms with Gasteiger partial charge in [-0.2, -0.15) is 0 Å². The van der Waals surface area contributed by atoms with Gasteiger partial charge in [0.05, 0.1) is 6.33 Å². The van der Waals surface area contributed by atoms with E-state index >= 15 is 0 Å². The van der Waals surface area contributed by atoms with Gasteiger partial charge in [0.2, 0.25) is 0 Å². The first-order valence-corrected chi connectivity index (χ1v) is 5.31. The summed E-state index contributed by atoms with van der Waals surface area (Å²) in [5.41, 5.74) is 0. The third kappa shape index (κ3) is 4.74. The number of imidazole rings is 1. The smallest absolute Gasteiger partial charge is 0.148 e. The van der Waals surface area contributed by atoms with Crippen molar-refractivity contribution in [1.82, 2.24) is 9.55 Å². The maximum absolute atomic E-state index is 10.7. The summed E-state index contributed by atoms with van der Waals surface area (Å²) in [6.07, 6.45) is 9.50. The first-order valence-electron chi connectivity index (χ1n) is 5.31. The fourth-order valence-electron chi connectivity index (χ4n) is 1.31. The van der Waals surface area contributed by atoms with Crippen LogP contribution in [0.5, 0.6) is 0 Å². The Kier molecular flexibility index (Phi) is 5.70. The van der Waals surface area contributed by atoms with Crippen molar-refractivity contribution in [2.75, 3.05) is 6.61 Å². The summed E-state index contributed by atoms with van der Waals surface area (Å²) in [4.78, 5) is 14.5. The van der Waals surface area contributed by atoms with Crippen molar-refractivity contribution >= 4 is 6.29 Å². The molecule has 0 amide bonds. The van der Waals surface area contributed by atoms with E-state index < -0.39 is 0 Å². The van der Waals surface area contributed by atoms with Crippen LogP contribution in [0.15, 0.2) is 12.5 Å². The van der Waals surface area contributed by atoms with Gasteiger partial charge in [-0.1, -0.05) is 6.92 Å². The molecule has 0 aromatic carbocycles. The maximum Gasteiger partial charge on any atom is 0.148 e. The van der Waals surface area contributed by atoms with E-state index in [1.54, 1.807) is 12.5 Å². The number of carbonyl (C=O) groups excluding carboxylic acids is 1. The summed E-state index contributed by atoms with van der Waals surface area (Å²) < 4.78 is 7.31. The van der Waals surface area contributed by atoms with Crippen LogP contribution in [0.4, 0.5) is 0 Å². The normalized spacial score (nSPS) is 12.6. The lowest BCUT2D eigenvalue weighted by molar-refractivity contribution is -0.118. The van der Waals surface area contributed by atoms with Gasteiger partial charge in [0, 0.05) is 19.3 Å². The Morgan fingerprint density at radius 2 is 2.53 bits per heavy atom. The van der Waals surface area contributed by atoms with Crippen LogP contribution in [0.1, 0.15) is 26.2 Å². The van der Waals surface area contributed by atoms with Crippen molar-refractivity contribution in [1.29, 1.82) is 0 Å². The van der Waals surface area contributed by atoms with E-state index in [0.29, 0.717) is 6.61 Å². The number of nitrogens with zero attached hydrogens (tertiary/aromatic N) is 2. The summed E-state index contributed by atoms with van der Waals surface area (Å²) in [5, 5.41) is 0. The van der Waals surface area contributed by atoms with Crippen LogP contribution >= 0.6 is 0 Å². The van der Waals surface area contributed by atoms with Crippen molar-refractivity contribution in [3.05, 3.63) is 18.7 Å². The Balaban J connectivity index is 2.14. The standard InChI is InChI=1S/C11H17N2O2/c1-2-8-15-11(9-14)4-3-6-13-7-5-12-10-13/h7,9-11H,2-4,6,8H2,1H3. The van der Waals surface area contributed by atoms with Crippen LogP contribution in [0, 0.1) is 6.20 Å². The molecule has 1 aromatic rings. The van der Waals surface area contributed by atoms with Crippen LogP contribution in [0.2, 0.25) is 0 Å². The van der Waals surface area contributed by atoms with Crippen LogP contribution < -0.4 is 0 Å². The Hall–Kier alpha value is -1.16. The quantitative estimate of drug-likeness (QED) is 0.609. The predicted molar refractivity (Wildman–Crippen MR) is 56.4 cm³/mol. The molecule has 0 saturated heterocycles. The van der Waals surface area contributed by atoms with E-state index in [-0.39, 0.29) is 6.10 Å². The summed E-state index contributed by atoms with van der Waals surface area (Å²) in [6.45, 7) is 3.54. The van der Waals surface area contributed by atoms with Gasteiger partial charge in [-0.05, 0) is 19.3 Å². The molecule has 15 heavy (non-hydrogen) atoms. The van der Waals surface area contributed by atoms with E-state index in [9.17, 15) is 4.79 Å². The second-order valence-electron chi connectivity index (χ2n) is 3.43. The molecule has 0 spiro atoms. The molecule has 1 unspecified atom stereocenters. The van der Waals surface area contributed by atoms with Gasteiger partial charge in [-0.25, -0.2) is 4.98 Å². The highest BCUT2D eigenvalue weighted by molar-refractivity contribution is 5.55. The van der Waals surface area contributed by atoms with Crippen LogP contribution in [0.3, 0.4) is 0 Å². The number of rotatable bonds is 8. The lowest BCUT2D eigenvalue weighted by atomic mass is 10.2. The number of aldehydes is 1. The third-order valence-electron chi connectivity index (χ3n) is 2.10.